The van der Waals surface area contributed by atoms with Gasteiger partial charge >= 0.3 is 0 Å². The maximum atomic E-state index is 12.4. The molecule has 0 bridgehead atoms. The molecule has 0 amide bonds. The number of para-hydroxylation sites is 1. The molecule has 7 heteroatoms. The summed E-state index contributed by atoms with van der Waals surface area (Å²) in [6, 6.07) is 12.7. The summed E-state index contributed by atoms with van der Waals surface area (Å²) in [5, 5.41) is 12.0. The number of anilines is 1. The zero-order valence-corrected chi connectivity index (χ0v) is 13.0. The Hall–Kier alpha value is -2.54. The van der Waals surface area contributed by atoms with Crippen LogP contribution in [0.5, 0.6) is 5.75 Å². The van der Waals surface area contributed by atoms with Gasteiger partial charge in [-0.1, -0.05) is 23.4 Å². The van der Waals surface area contributed by atoms with Crippen LogP contribution in [0.4, 0.5) is 5.69 Å². The second-order valence-electron chi connectivity index (χ2n) is 4.51. The second kappa shape index (κ2) is 6.48. The Balaban J connectivity index is 2.37. The molecule has 0 heterocycles. The molecule has 116 valence electrons. The predicted molar refractivity (Wildman–Crippen MR) is 84.2 cm³/mol. The maximum absolute atomic E-state index is 12.4. The zero-order chi connectivity index (χ0) is 16.2. The second-order valence-corrected chi connectivity index (χ2v) is 6.19. The lowest BCUT2D eigenvalue weighted by Gasteiger charge is -2.12. The quantitative estimate of drug-likeness (QED) is 0.504. The third-order valence-corrected chi connectivity index (χ3v) is 4.46. The molecule has 0 radical (unpaired) electrons. The monoisotopic (exact) mass is 320 g/mol. The Labute approximate surface area is 129 Å². The van der Waals surface area contributed by atoms with Crippen molar-refractivity contribution in [2.45, 2.75) is 11.8 Å². The highest BCUT2D eigenvalue weighted by molar-refractivity contribution is 7.92. The highest BCUT2D eigenvalue weighted by Crippen LogP contribution is 2.22. The van der Waals surface area contributed by atoms with Crippen molar-refractivity contribution in [2.75, 3.05) is 11.8 Å². The van der Waals surface area contributed by atoms with Gasteiger partial charge in [-0.25, -0.2) is 8.42 Å². The average Bonchev–Trinajstić information content (AvgIpc) is 2.54. The van der Waals surface area contributed by atoms with Crippen LogP contribution in [0, 0.1) is 0 Å². The number of oxime groups is 1. The van der Waals surface area contributed by atoms with Crippen LogP contribution in [0.1, 0.15) is 12.5 Å². The minimum absolute atomic E-state index is 0.113. The van der Waals surface area contributed by atoms with E-state index in [2.05, 4.69) is 9.88 Å². The lowest BCUT2D eigenvalue weighted by molar-refractivity contribution is 0.319. The van der Waals surface area contributed by atoms with Gasteiger partial charge in [0, 0.05) is 5.56 Å². The topological polar surface area (TPSA) is 88.0 Å². The third-order valence-electron chi connectivity index (χ3n) is 3.08. The van der Waals surface area contributed by atoms with Crippen LogP contribution < -0.4 is 9.46 Å². The Morgan fingerprint density at radius 2 is 1.77 bits per heavy atom. The minimum Gasteiger partial charge on any atom is -0.497 e. The molecule has 0 unspecified atom stereocenters. The Kier molecular flexibility index (Phi) is 4.67. The first-order chi connectivity index (χ1) is 10.5. The molecule has 6 nitrogen and oxygen atoms in total. The van der Waals surface area contributed by atoms with Crippen molar-refractivity contribution >= 4 is 21.4 Å². The molecule has 0 aliphatic rings. The summed E-state index contributed by atoms with van der Waals surface area (Å²) >= 11 is 0. The minimum atomic E-state index is -3.74. The maximum Gasteiger partial charge on any atom is 0.261 e. The fourth-order valence-electron chi connectivity index (χ4n) is 1.90. The molecule has 0 aliphatic carbocycles. The first-order valence-electron chi connectivity index (χ1n) is 6.43. The van der Waals surface area contributed by atoms with E-state index in [1.165, 1.54) is 19.2 Å². The number of hydrogen-bond donors (Lipinski definition) is 2. The Morgan fingerprint density at radius 3 is 2.36 bits per heavy atom. The zero-order valence-electron chi connectivity index (χ0n) is 12.1. The van der Waals surface area contributed by atoms with E-state index < -0.39 is 10.0 Å². The highest BCUT2D eigenvalue weighted by atomic mass is 32.2. The lowest BCUT2D eigenvalue weighted by Crippen LogP contribution is -2.15. The molecule has 2 aromatic rings. The highest BCUT2D eigenvalue weighted by Gasteiger charge is 2.16. The fourth-order valence-corrected chi connectivity index (χ4v) is 2.98. The van der Waals surface area contributed by atoms with Gasteiger partial charge in [-0.3, -0.25) is 4.72 Å². The number of sulfonamides is 1. The van der Waals surface area contributed by atoms with Gasteiger partial charge in [0.1, 0.15) is 5.75 Å². The van der Waals surface area contributed by atoms with E-state index in [1.54, 1.807) is 43.3 Å². The van der Waals surface area contributed by atoms with Gasteiger partial charge in [0.15, 0.2) is 0 Å². The molecule has 2 aromatic carbocycles. The Bertz CT molecular complexity index is 783. The molecule has 0 saturated heterocycles. The van der Waals surface area contributed by atoms with E-state index in [4.69, 9.17) is 9.94 Å². The van der Waals surface area contributed by atoms with E-state index in [-0.39, 0.29) is 4.90 Å². The summed E-state index contributed by atoms with van der Waals surface area (Å²) in [4.78, 5) is 0.113. The average molecular weight is 320 g/mol. The van der Waals surface area contributed by atoms with Crippen LogP contribution in [0.15, 0.2) is 58.6 Å². The van der Waals surface area contributed by atoms with Gasteiger partial charge < -0.3 is 9.94 Å². The molecule has 0 saturated carbocycles. The number of ether oxygens (including phenoxy) is 1. The van der Waals surface area contributed by atoms with Crippen LogP contribution in [0.25, 0.3) is 0 Å². The van der Waals surface area contributed by atoms with Gasteiger partial charge in [0.05, 0.1) is 23.4 Å². The number of rotatable bonds is 5. The van der Waals surface area contributed by atoms with Crippen molar-refractivity contribution in [3.05, 3.63) is 54.1 Å². The SMILES string of the molecule is COc1ccc(S(=O)(=O)Nc2ccccc2C(C)=NO)cc1. The van der Waals surface area contributed by atoms with Crippen molar-refractivity contribution in [2.24, 2.45) is 5.16 Å². The van der Waals surface area contributed by atoms with Crippen LogP contribution in [0.2, 0.25) is 0 Å². The molecular formula is C15H16N2O4S. The van der Waals surface area contributed by atoms with Crippen LogP contribution in [-0.2, 0) is 10.0 Å². The molecule has 2 N–H and O–H groups in total. The summed E-state index contributed by atoms with van der Waals surface area (Å²) in [5.41, 5.74) is 1.16. The number of methoxy groups -OCH3 is 1. The van der Waals surface area contributed by atoms with E-state index in [0.29, 0.717) is 22.7 Å². The van der Waals surface area contributed by atoms with Crippen molar-refractivity contribution in [3.63, 3.8) is 0 Å². The number of nitrogens with zero attached hydrogens (tertiary/aromatic N) is 1. The smallest absolute Gasteiger partial charge is 0.261 e. The first-order valence-corrected chi connectivity index (χ1v) is 7.91. The number of hydrogen-bond acceptors (Lipinski definition) is 5. The molecule has 22 heavy (non-hydrogen) atoms. The van der Waals surface area contributed by atoms with Crippen molar-refractivity contribution in [1.29, 1.82) is 0 Å². The van der Waals surface area contributed by atoms with Crippen LogP contribution in [-0.4, -0.2) is 26.4 Å². The molecular weight excluding hydrogens is 304 g/mol. The molecule has 0 aromatic heterocycles. The lowest BCUT2D eigenvalue weighted by atomic mass is 10.1. The van der Waals surface area contributed by atoms with Gasteiger partial charge in [-0.05, 0) is 37.3 Å². The van der Waals surface area contributed by atoms with E-state index >= 15 is 0 Å². The van der Waals surface area contributed by atoms with Gasteiger partial charge in [-0.2, -0.15) is 0 Å². The summed E-state index contributed by atoms with van der Waals surface area (Å²) in [5.74, 6) is 0.572. The molecule has 2 rings (SSSR count). The van der Waals surface area contributed by atoms with E-state index in [0.717, 1.165) is 0 Å². The van der Waals surface area contributed by atoms with E-state index in [1.807, 2.05) is 0 Å². The van der Waals surface area contributed by atoms with Crippen molar-refractivity contribution < 1.29 is 18.4 Å². The number of benzene rings is 2. The van der Waals surface area contributed by atoms with E-state index in [9.17, 15) is 8.42 Å². The summed E-state index contributed by atoms with van der Waals surface area (Å²) in [6.07, 6.45) is 0. The van der Waals surface area contributed by atoms with Crippen molar-refractivity contribution in [1.82, 2.24) is 0 Å². The Morgan fingerprint density at radius 1 is 1.14 bits per heavy atom. The first kappa shape index (κ1) is 15.8. The summed E-state index contributed by atoms with van der Waals surface area (Å²) in [6.45, 7) is 1.58. The fraction of sp³-hybridized carbons (Fsp3) is 0.133. The molecule has 0 atom stereocenters. The summed E-state index contributed by atoms with van der Waals surface area (Å²) < 4.78 is 32.3. The summed E-state index contributed by atoms with van der Waals surface area (Å²) in [7, 11) is -2.24. The number of nitrogens with one attached hydrogen (secondary N) is 1. The molecule has 0 spiro atoms. The van der Waals surface area contributed by atoms with Crippen LogP contribution in [0.3, 0.4) is 0 Å². The van der Waals surface area contributed by atoms with Crippen LogP contribution >= 0.6 is 0 Å². The molecule has 0 fully saturated rings. The standard InChI is InChI=1S/C15H16N2O4S/c1-11(16-18)14-5-3-4-6-15(14)17-22(19,20)13-9-7-12(21-2)8-10-13/h3-10,17-18H,1-2H3. The van der Waals surface area contributed by atoms with Gasteiger partial charge in [0.2, 0.25) is 0 Å². The predicted octanol–water partition coefficient (Wildman–Crippen LogP) is 2.69. The normalized spacial score (nSPS) is 12.0. The third kappa shape index (κ3) is 3.37. The van der Waals surface area contributed by atoms with Gasteiger partial charge in [0.25, 0.3) is 10.0 Å². The van der Waals surface area contributed by atoms with Crippen molar-refractivity contribution in [3.8, 4) is 5.75 Å². The molecule has 0 aliphatic heterocycles. The van der Waals surface area contributed by atoms with Gasteiger partial charge in [-0.15, -0.1) is 0 Å². The largest absolute Gasteiger partial charge is 0.497 e.